The van der Waals surface area contributed by atoms with Crippen molar-refractivity contribution in [1.29, 1.82) is 0 Å². The second-order valence-corrected chi connectivity index (χ2v) is 2.25. The second-order valence-electron chi connectivity index (χ2n) is 2.25. The van der Waals surface area contributed by atoms with Crippen molar-refractivity contribution in [2.24, 2.45) is 5.11 Å². The monoisotopic (exact) mass is 179 g/mol. The Hall–Kier alpha value is -1.81. The van der Waals surface area contributed by atoms with Gasteiger partial charge in [-0.15, -0.1) is 0 Å². The molecule has 0 spiro atoms. The number of rotatable bonds is 4. The fraction of sp³-hybridized carbons (Fsp3) is 0.429. The van der Waals surface area contributed by atoms with Crippen molar-refractivity contribution in [3.63, 3.8) is 0 Å². The number of ether oxygens (including phenoxy) is 1. The Kier molecular flexibility index (Phi) is 3.53. The summed E-state index contributed by atoms with van der Waals surface area (Å²) in [5.41, 5.74) is 8.14. The van der Waals surface area contributed by atoms with E-state index in [0.717, 1.165) is 6.42 Å². The first-order valence-electron chi connectivity index (χ1n) is 3.86. The highest BCUT2D eigenvalue weighted by atomic mass is 16.5. The summed E-state index contributed by atoms with van der Waals surface area (Å²) in [5.74, 6) is 0.697. The van der Waals surface area contributed by atoms with Crippen LogP contribution < -0.4 is 4.74 Å². The minimum Gasteiger partial charge on any atom is -0.478 e. The van der Waals surface area contributed by atoms with Crippen molar-refractivity contribution in [2.75, 3.05) is 6.61 Å². The molecule has 6 heteroatoms. The fourth-order valence-electron chi connectivity index (χ4n) is 0.716. The highest BCUT2D eigenvalue weighted by Crippen LogP contribution is 2.13. The lowest BCUT2D eigenvalue weighted by Gasteiger charge is -2.01. The lowest BCUT2D eigenvalue weighted by atomic mass is 10.5. The van der Waals surface area contributed by atoms with Gasteiger partial charge in [0.25, 0.3) is 0 Å². The van der Waals surface area contributed by atoms with Gasteiger partial charge in [0.2, 0.25) is 5.88 Å². The Morgan fingerprint density at radius 1 is 1.62 bits per heavy atom. The minimum absolute atomic E-state index is 0.267. The summed E-state index contributed by atoms with van der Waals surface area (Å²) in [5, 5.41) is 3.32. The molecule has 0 saturated carbocycles. The summed E-state index contributed by atoms with van der Waals surface area (Å²) in [6, 6.07) is 1.50. The van der Waals surface area contributed by atoms with E-state index in [1.807, 2.05) is 6.92 Å². The molecule has 0 aromatic carbocycles. The molecule has 0 amide bonds. The van der Waals surface area contributed by atoms with Crippen LogP contribution in [0.5, 0.6) is 5.88 Å². The van der Waals surface area contributed by atoms with Gasteiger partial charge < -0.3 is 4.74 Å². The third kappa shape index (κ3) is 2.96. The lowest BCUT2D eigenvalue weighted by Crippen LogP contribution is -1.96. The maximum Gasteiger partial charge on any atom is 0.216 e. The summed E-state index contributed by atoms with van der Waals surface area (Å²) in [6.45, 7) is 2.59. The zero-order valence-electron chi connectivity index (χ0n) is 7.21. The van der Waals surface area contributed by atoms with Crippen LogP contribution in [0.4, 0.5) is 5.82 Å². The van der Waals surface area contributed by atoms with E-state index in [0.29, 0.717) is 12.5 Å². The molecule has 68 valence electrons. The van der Waals surface area contributed by atoms with E-state index >= 15 is 0 Å². The zero-order valence-corrected chi connectivity index (χ0v) is 7.21. The maximum atomic E-state index is 8.14. The molecule has 0 aliphatic rings. The van der Waals surface area contributed by atoms with Gasteiger partial charge in [-0.1, -0.05) is 6.92 Å². The molecule has 0 saturated heterocycles. The third-order valence-corrected chi connectivity index (χ3v) is 1.23. The van der Waals surface area contributed by atoms with Gasteiger partial charge in [0.05, 0.1) is 6.61 Å². The molecule has 1 rings (SSSR count). The summed E-state index contributed by atoms with van der Waals surface area (Å²) in [7, 11) is 0. The molecule has 1 heterocycles. The van der Waals surface area contributed by atoms with Crippen molar-refractivity contribution in [3.05, 3.63) is 22.8 Å². The van der Waals surface area contributed by atoms with E-state index in [-0.39, 0.29) is 5.82 Å². The van der Waals surface area contributed by atoms with Crippen LogP contribution in [-0.4, -0.2) is 16.6 Å². The summed E-state index contributed by atoms with van der Waals surface area (Å²) in [4.78, 5) is 10.2. The van der Waals surface area contributed by atoms with Gasteiger partial charge in [-0.05, 0) is 17.1 Å². The minimum atomic E-state index is 0.267. The molecule has 0 aliphatic carbocycles. The quantitative estimate of drug-likeness (QED) is 0.403. The van der Waals surface area contributed by atoms with Gasteiger partial charge >= 0.3 is 0 Å². The number of hydrogen-bond donors (Lipinski definition) is 0. The molecule has 1 aromatic rings. The molecule has 1 aromatic heterocycles. The Bertz CT molecular complexity index is 320. The molecular weight excluding hydrogens is 170 g/mol. The molecular formula is C7H9N5O. The summed E-state index contributed by atoms with van der Waals surface area (Å²) >= 11 is 0. The predicted molar refractivity (Wildman–Crippen MR) is 46.6 cm³/mol. The largest absolute Gasteiger partial charge is 0.478 e. The van der Waals surface area contributed by atoms with Crippen LogP contribution in [0.15, 0.2) is 17.5 Å². The fourth-order valence-corrected chi connectivity index (χ4v) is 0.716. The number of hydrogen-bond acceptors (Lipinski definition) is 4. The van der Waals surface area contributed by atoms with Gasteiger partial charge in [0, 0.05) is 11.0 Å². The average Bonchev–Trinajstić information content (AvgIpc) is 2.16. The molecule has 0 fully saturated rings. The van der Waals surface area contributed by atoms with Gasteiger partial charge in [0.1, 0.15) is 12.1 Å². The maximum absolute atomic E-state index is 8.14. The topological polar surface area (TPSA) is 83.8 Å². The van der Waals surface area contributed by atoms with Gasteiger partial charge in [-0.2, -0.15) is 0 Å². The number of azide groups is 1. The summed E-state index contributed by atoms with van der Waals surface area (Å²) in [6.07, 6.45) is 2.20. The third-order valence-electron chi connectivity index (χ3n) is 1.23. The number of nitrogens with zero attached hydrogens (tertiary/aromatic N) is 5. The first-order chi connectivity index (χ1) is 6.36. The predicted octanol–water partition coefficient (Wildman–Crippen LogP) is 2.21. The van der Waals surface area contributed by atoms with Gasteiger partial charge in [0.15, 0.2) is 0 Å². The molecule has 0 aliphatic heterocycles. The molecule has 0 N–H and O–H groups in total. The Balaban J connectivity index is 2.73. The zero-order chi connectivity index (χ0) is 9.52. The molecule has 6 nitrogen and oxygen atoms in total. The van der Waals surface area contributed by atoms with Crippen LogP contribution in [0.25, 0.3) is 10.4 Å². The Labute approximate surface area is 75.2 Å². The highest BCUT2D eigenvalue weighted by Gasteiger charge is 1.96. The molecule has 0 bridgehead atoms. The lowest BCUT2D eigenvalue weighted by molar-refractivity contribution is 0.305. The van der Waals surface area contributed by atoms with Gasteiger partial charge in [-0.25, -0.2) is 9.97 Å². The standard InChI is InChI=1S/C7H9N5O/c1-2-3-13-7-4-6(11-12-8)9-5-10-7/h4-5H,2-3H2,1H3. The van der Waals surface area contributed by atoms with E-state index in [1.54, 1.807) is 0 Å². The van der Waals surface area contributed by atoms with Crippen LogP contribution in [0.2, 0.25) is 0 Å². The van der Waals surface area contributed by atoms with E-state index in [2.05, 4.69) is 20.0 Å². The van der Waals surface area contributed by atoms with Crippen molar-refractivity contribution in [1.82, 2.24) is 9.97 Å². The number of aromatic nitrogens is 2. The van der Waals surface area contributed by atoms with Crippen molar-refractivity contribution >= 4 is 5.82 Å². The van der Waals surface area contributed by atoms with Crippen LogP contribution in [0.3, 0.4) is 0 Å². The SMILES string of the molecule is CCCOc1cc(N=[N+]=[N-])ncn1. The van der Waals surface area contributed by atoms with Crippen LogP contribution >= 0.6 is 0 Å². The van der Waals surface area contributed by atoms with E-state index in [1.165, 1.54) is 12.4 Å². The Morgan fingerprint density at radius 2 is 2.46 bits per heavy atom. The summed E-state index contributed by atoms with van der Waals surface area (Å²) < 4.78 is 5.21. The normalized spacial score (nSPS) is 9.00. The van der Waals surface area contributed by atoms with Crippen molar-refractivity contribution < 1.29 is 4.74 Å². The highest BCUT2D eigenvalue weighted by molar-refractivity contribution is 5.30. The van der Waals surface area contributed by atoms with Gasteiger partial charge in [-0.3, -0.25) is 0 Å². The Morgan fingerprint density at radius 3 is 3.15 bits per heavy atom. The second kappa shape index (κ2) is 4.95. The first-order valence-corrected chi connectivity index (χ1v) is 3.86. The van der Waals surface area contributed by atoms with Crippen LogP contribution in [0.1, 0.15) is 13.3 Å². The van der Waals surface area contributed by atoms with E-state index in [4.69, 9.17) is 10.3 Å². The molecule has 0 unspecified atom stereocenters. The first kappa shape index (κ1) is 9.28. The molecule has 0 atom stereocenters. The van der Waals surface area contributed by atoms with Crippen molar-refractivity contribution in [2.45, 2.75) is 13.3 Å². The van der Waals surface area contributed by atoms with E-state index in [9.17, 15) is 0 Å². The van der Waals surface area contributed by atoms with E-state index < -0.39 is 0 Å². The molecule has 13 heavy (non-hydrogen) atoms. The van der Waals surface area contributed by atoms with Crippen LogP contribution in [-0.2, 0) is 0 Å². The average molecular weight is 179 g/mol. The van der Waals surface area contributed by atoms with Crippen LogP contribution in [0, 0.1) is 0 Å². The van der Waals surface area contributed by atoms with Crippen molar-refractivity contribution in [3.8, 4) is 5.88 Å². The molecule has 0 radical (unpaired) electrons. The smallest absolute Gasteiger partial charge is 0.216 e.